The van der Waals surface area contributed by atoms with E-state index in [1.165, 1.54) is 18.2 Å². The van der Waals surface area contributed by atoms with Crippen LogP contribution >= 0.6 is 11.8 Å². The third-order valence-electron chi connectivity index (χ3n) is 4.54. The minimum Gasteiger partial charge on any atom is -0.497 e. The number of rotatable bonds is 5. The highest BCUT2D eigenvalue weighted by Gasteiger charge is 2.29. The smallest absolute Gasteiger partial charge is 0.277 e. The fourth-order valence-electron chi connectivity index (χ4n) is 3.23. The van der Waals surface area contributed by atoms with Crippen molar-refractivity contribution in [3.05, 3.63) is 24.3 Å². The molecule has 0 spiro atoms. The van der Waals surface area contributed by atoms with Gasteiger partial charge in [0, 0.05) is 17.6 Å². The number of hydrogen-bond donors (Lipinski definition) is 0. The van der Waals surface area contributed by atoms with Crippen LogP contribution in [0.5, 0.6) is 5.75 Å². The number of thioether (sulfide) groups is 1. The average molecular weight is 361 g/mol. The molecule has 134 valence electrons. The van der Waals surface area contributed by atoms with Crippen molar-refractivity contribution in [2.24, 2.45) is 0 Å². The molecule has 6 nitrogen and oxygen atoms in total. The molecule has 1 aromatic heterocycles. The molecule has 1 saturated heterocycles. The maximum Gasteiger partial charge on any atom is 0.277 e. The van der Waals surface area contributed by atoms with Gasteiger partial charge in [0.05, 0.1) is 12.9 Å². The van der Waals surface area contributed by atoms with Gasteiger partial charge in [-0.25, -0.2) is 0 Å². The summed E-state index contributed by atoms with van der Waals surface area (Å²) in [6, 6.07) is 8.01. The van der Waals surface area contributed by atoms with Crippen molar-refractivity contribution in [3.8, 4) is 17.2 Å². The van der Waals surface area contributed by atoms with Crippen LogP contribution in [-0.2, 0) is 4.79 Å². The summed E-state index contributed by atoms with van der Waals surface area (Å²) in [5, 5.41) is 8.51. The van der Waals surface area contributed by atoms with Crippen LogP contribution in [0.4, 0.5) is 0 Å². The van der Waals surface area contributed by atoms with Crippen molar-refractivity contribution >= 4 is 17.7 Å². The van der Waals surface area contributed by atoms with E-state index in [-0.39, 0.29) is 5.91 Å². The average Bonchev–Trinajstić information content (AvgIpc) is 3.09. The van der Waals surface area contributed by atoms with E-state index in [0.29, 0.717) is 29.0 Å². The van der Waals surface area contributed by atoms with E-state index in [2.05, 4.69) is 24.0 Å². The first-order valence-corrected chi connectivity index (χ1v) is 9.49. The Labute approximate surface area is 151 Å². The number of methoxy groups -OCH3 is 1. The Balaban J connectivity index is 1.60. The molecular weight excluding hydrogens is 338 g/mol. The Hall–Kier alpha value is -2.02. The van der Waals surface area contributed by atoms with Crippen molar-refractivity contribution < 1.29 is 13.9 Å². The summed E-state index contributed by atoms with van der Waals surface area (Å²) in [6.07, 6.45) is 3.33. The molecule has 7 heteroatoms. The second-order valence-electron chi connectivity index (χ2n) is 6.32. The first-order valence-electron chi connectivity index (χ1n) is 8.50. The maximum atomic E-state index is 12.5. The fraction of sp³-hybridized carbons (Fsp3) is 0.500. The van der Waals surface area contributed by atoms with Crippen LogP contribution in [0.1, 0.15) is 33.1 Å². The number of amides is 1. The summed E-state index contributed by atoms with van der Waals surface area (Å²) in [5.74, 6) is 1.67. The van der Waals surface area contributed by atoms with Crippen molar-refractivity contribution in [1.29, 1.82) is 0 Å². The summed E-state index contributed by atoms with van der Waals surface area (Å²) in [4.78, 5) is 14.5. The van der Waals surface area contributed by atoms with Crippen LogP contribution in [-0.4, -0.2) is 46.0 Å². The predicted molar refractivity (Wildman–Crippen MR) is 96.6 cm³/mol. The first kappa shape index (κ1) is 17.8. The lowest BCUT2D eigenvalue weighted by Crippen LogP contribution is -2.48. The van der Waals surface area contributed by atoms with Gasteiger partial charge in [-0.3, -0.25) is 4.79 Å². The van der Waals surface area contributed by atoms with Crippen molar-refractivity contribution in [1.82, 2.24) is 15.1 Å². The van der Waals surface area contributed by atoms with Crippen molar-refractivity contribution in [2.75, 3.05) is 12.9 Å². The minimum absolute atomic E-state index is 0.133. The zero-order chi connectivity index (χ0) is 17.8. The van der Waals surface area contributed by atoms with Gasteiger partial charge in [-0.05, 0) is 57.4 Å². The molecule has 1 aliphatic heterocycles. The van der Waals surface area contributed by atoms with Gasteiger partial charge < -0.3 is 14.1 Å². The third kappa shape index (κ3) is 4.15. The standard InChI is InChI=1S/C18H23N3O3S/c1-12-5-4-6-13(2)21(12)16(22)11-25-18-20-19-17(24-18)14-7-9-15(23-3)10-8-14/h7-10,12-13H,4-6,11H2,1-3H3/t12-,13-/m1/s1. The number of likely N-dealkylation sites (tertiary alicyclic amines) is 1. The molecule has 1 amide bonds. The van der Waals surface area contributed by atoms with Crippen LogP contribution in [0.25, 0.3) is 11.5 Å². The van der Waals surface area contributed by atoms with Gasteiger partial charge in [0.2, 0.25) is 11.8 Å². The van der Waals surface area contributed by atoms with E-state index in [1.54, 1.807) is 7.11 Å². The van der Waals surface area contributed by atoms with E-state index in [1.807, 2.05) is 29.2 Å². The lowest BCUT2D eigenvalue weighted by Gasteiger charge is -2.39. The van der Waals surface area contributed by atoms with Crippen LogP contribution in [0.2, 0.25) is 0 Å². The Morgan fingerprint density at radius 3 is 2.56 bits per heavy atom. The van der Waals surface area contributed by atoms with Crippen LogP contribution < -0.4 is 4.74 Å². The Bertz CT molecular complexity index is 707. The third-order valence-corrected chi connectivity index (χ3v) is 5.35. The van der Waals surface area contributed by atoms with E-state index in [0.717, 1.165) is 24.2 Å². The molecule has 2 heterocycles. The van der Waals surface area contributed by atoms with Gasteiger partial charge >= 0.3 is 0 Å². The summed E-state index contributed by atoms with van der Waals surface area (Å²) >= 11 is 1.29. The highest BCUT2D eigenvalue weighted by atomic mass is 32.2. The highest BCUT2D eigenvalue weighted by Crippen LogP contribution is 2.27. The summed E-state index contributed by atoms with van der Waals surface area (Å²) in [6.45, 7) is 4.24. The lowest BCUT2D eigenvalue weighted by atomic mass is 9.98. The zero-order valence-electron chi connectivity index (χ0n) is 14.8. The van der Waals surface area contributed by atoms with Crippen molar-refractivity contribution in [2.45, 2.75) is 50.4 Å². The number of benzene rings is 1. The second-order valence-corrected chi connectivity index (χ2v) is 7.25. The van der Waals surface area contributed by atoms with Gasteiger partial charge in [0.15, 0.2) is 0 Å². The molecule has 0 aliphatic carbocycles. The highest BCUT2D eigenvalue weighted by molar-refractivity contribution is 7.99. The van der Waals surface area contributed by atoms with Gasteiger partial charge in [0.25, 0.3) is 5.22 Å². The molecule has 2 atom stereocenters. The second kappa shape index (κ2) is 7.91. The lowest BCUT2D eigenvalue weighted by molar-refractivity contribution is -0.134. The molecule has 1 aromatic carbocycles. The summed E-state index contributed by atoms with van der Waals surface area (Å²) in [7, 11) is 1.62. The van der Waals surface area contributed by atoms with Gasteiger partial charge in [0.1, 0.15) is 5.75 Å². The van der Waals surface area contributed by atoms with Crippen LogP contribution in [0.3, 0.4) is 0 Å². The number of aromatic nitrogens is 2. The van der Waals surface area contributed by atoms with E-state index in [9.17, 15) is 4.79 Å². The quantitative estimate of drug-likeness (QED) is 0.758. The molecule has 0 radical (unpaired) electrons. The predicted octanol–water partition coefficient (Wildman–Crippen LogP) is 3.63. The molecule has 1 fully saturated rings. The molecule has 25 heavy (non-hydrogen) atoms. The maximum absolute atomic E-state index is 12.5. The normalized spacial score (nSPS) is 20.5. The van der Waals surface area contributed by atoms with Crippen molar-refractivity contribution in [3.63, 3.8) is 0 Å². The number of hydrogen-bond acceptors (Lipinski definition) is 6. The fourth-order valence-corrected chi connectivity index (χ4v) is 3.86. The minimum atomic E-state index is 0.133. The summed E-state index contributed by atoms with van der Waals surface area (Å²) < 4.78 is 10.8. The number of ether oxygens (including phenoxy) is 1. The Morgan fingerprint density at radius 1 is 1.24 bits per heavy atom. The first-order chi connectivity index (χ1) is 12.1. The molecule has 0 bridgehead atoms. The van der Waals surface area contributed by atoms with E-state index < -0.39 is 0 Å². The van der Waals surface area contributed by atoms with Gasteiger partial charge in [-0.1, -0.05) is 11.8 Å². The Morgan fingerprint density at radius 2 is 1.92 bits per heavy atom. The summed E-state index contributed by atoms with van der Waals surface area (Å²) in [5.41, 5.74) is 0.824. The molecule has 0 N–H and O–H groups in total. The van der Waals surface area contributed by atoms with Gasteiger partial charge in [-0.2, -0.15) is 0 Å². The number of carbonyl (C=O) groups excluding carboxylic acids is 1. The van der Waals surface area contributed by atoms with Gasteiger partial charge in [-0.15, -0.1) is 10.2 Å². The molecular formula is C18H23N3O3S. The van der Waals surface area contributed by atoms with Crippen LogP contribution in [0.15, 0.2) is 33.9 Å². The number of nitrogens with zero attached hydrogens (tertiary/aromatic N) is 3. The molecule has 3 rings (SSSR count). The number of carbonyl (C=O) groups is 1. The molecule has 2 aromatic rings. The largest absolute Gasteiger partial charge is 0.497 e. The zero-order valence-corrected chi connectivity index (χ0v) is 15.6. The molecule has 0 unspecified atom stereocenters. The van der Waals surface area contributed by atoms with Crippen LogP contribution in [0, 0.1) is 0 Å². The molecule has 0 saturated carbocycles. The molecule has 1 aliphatic rings. The van der Waals surface area contributed by atoms with E-state index in [4.69, 9.17) is 9.15 Å². The Kier molecular flexibility index (Phi) is 5.63. The van der Waals surface area contributed by atoms with E-state index >= 15 is 0 Å². The number of piperidine rings is 1. The topological polar surface area (TPSA) is 68.5 Å². The monoisotopic (exact) mass is 361 g/mol. The SMILES string of the molecule is COc1ccc(-c2nnc(SCC(=O)N3[C@H](C)CCC[C@H]3C)o2)cc1.